The number of nitrogens with two attached hydrogens (primary N) is 1. The number of ether oxygens (including phenoxy) is 1. The first kappa shape index (κ1) is 18.3. The van der Waals surface area contributed by atoms with Crippen molar-refractivity contribution in [3.8, 4) is 0 Å². The van der Waals surface area contributed by atoms with Crippen molar-refractivity contribution in [1.82, 2.24) is 0 Å². The van der Waals surface area contributed by atoms with Crippen LogP contribution in [0.25, 0.3) is 0 Å². The molecular formula is C9H19NO4. The van der Waals surface area contributed by atoms with Gasteiger partial charge in [-0.15, -0.1) is 13.2 Å². The van der Waals surface area contributed by atoms with Crippen LogP contribution in [0.5, 0.6) is 0 Å². The summed E-state index contributed by atoms with van der Waals surface area (Å²) in [5, 5.41) is 8.08. The lowest BCUT2D eigenvalue weighted by Crippen LogP contribution is -2.08. The summed E-state index contributed by atoms with van der Waals surface area (Å²) < 4.78 is 3.89. The number of hydrogen-bond acceptors (Lipinski definition) is 3. The summed E-state index contributed by atoms with van der Waals surface area (Å²) in [5.74, 6) is -0.438. The molecular weight excluding hydrogens is 186 g/mol. The number of carbonyl (C=O) groups excluding carboxylic acids is 1. The Labute approximate surface area is 84.6 Å². The summed E-state index contributed by atoms with van der Waals surface area (Å²) in [6.45, 7) is 9.77. The first-order chi connectivity index (χ1) is 6.40. The molecule has 1 amide bonds. The van der Waals surface area contributed by atoms with Gasteiger partial charge in [0.25, 0.3) is 0 Å². The van der Waals surface area contributed by atoms with Crippen LogP contribution in [0.2, 0.25) is 0 Å². The Morgan fingerprint density at radius 2 is 1.71 bits per heavy atom. The Morgan fingerprint density at radius 1 is 1.43 bits per heavy atom. The first-order valence-electron chi connectivity index (χ1n) is 3.95. The number of methoxy groups -OCH3 is 1. The van der Waals surface area contributed by atoms with Crippen LogP contribution in [0.1, 0.15) is 20.3 Å². The van der Waals surface area contributed by atoms with Crippen LogP contribution in [0.3, 0.4) is 0 Å². The third kappa shape index (κ3) is 46.9. The molecule has 0 spiro atoms. The monoisotopic (exact) mass is 205 g/mol. The fourth-order valence-electron chi connectivity index (χ4n) is 0.349. The third-order valence-corrected chi connectivity index (χ3v) is 0.784. The zero-order valence-electron chi connectivity index (χ0n) is 8.95. The molecule has 0 aliphatic rings. The molecule has 0 aliphatic carbocycles. The van der Waals surface area contributed by atoms with E-state index in [1.807, 2.05) is 13.8 Å². The van der Waals surface area contributed by atoms with E-state index in [-0.39, 0.29) is 12.3 Å². The van der Waals surface area contributed by atoms with Crippen LogP contribution >= 0.6 is 0 Å². The van der Waals surface area contributed by atoms with E-state index in [0.29, 0.717) is 0 Å². The maximum absolute atomic E-state index is 9.81. The standard InChI is InChI=1S/C5H10O2.C2H5NO2.C2H4/c1-4(2)3-5(6)7;1-5-2(3)4;1-2/h4H,3H2,1-2H3,(H,6,7);1H3,(H2,3,4);1-2H2. The van der Waals surface area contributed by atoms with Gasteiger partial charge in [0.2, 0.25) is 0 Å². The minimum absolute atomic E-state index is 0.275. The average molecular weight is 205 g/mol. The Kier molecular flexibility index (Phi) is 18.3. The maximum Gasteiger partial charge on any atom is 0.404 e. The van der Waals surface area contributed by atoms with Gasteiger partial charge in [-0.05, 0) is 5.92 Å². The van der Waals surface area contributed by atoms with Crippen molar-refractivity contribution < 1.29 is 19.4 Å². The average Bonchev–Trinajstić information content (AvgIpc) is 2.06. The van der Waals surface area contributed by atoms with Gasteiger partial charge in [-0.3, -0.25) is 4.79 Å². The molecule has 0 aliphatic heterocycles. The van der Waals surface area contributed by atoms with Crippen LogP contribution in [0.4, 0.5) is 4.79 Å². The van der Waals surface area contributed by atoms with Crippen molar-refractivity contribution in [3.05, 3.63) is 13.2 Å². The molecule has 0 radical (unpaired) electrons. The fourth-order valence-corrected chi connectivity index (χ4v) is 0.349. The number of amides is 1. The van der Waals surface area contributed by atoms with Crippen LogP contribution in [0.15, 0.2) is 13.2 Å². The van der Waals surface area contributed by atoms with Gasteiger partial charge in [0, 0.05) is 6.42 Å². The second kappa shape index (κ2) is 14.0. The molecule has 0 saturated carbocycles. The number of hydrogen-bond donors (Lipinski definition) is 2. The lowest BCUT2D eigenvalue weighted by molar-refractivity contribution is -0.137. The molecule has 14 heavy (non-hydrogen) atoms. The summed E-state index contributed by atoms with van der Waals surface area (Å²) in [5.41, 5.74) is 4.43. The lowest BCUT2D eigenvalue weighted by Gasteiger charge is -1.94. The van der Waals surface area contributed by atoms with E-state index in [2.05, 4.69) is 23.6 Å². The molecule has 5 nitrogen and oxygen atoms in total. The molecule has 0 aromatic heterocycles. The van der Waals surface area contributed by atoms with Gasteiger partial charge in [-0.2, -0.15) is 0 Å². The van der Waals surface area contributed by atoms with Crippen LogP contribution in [-0.4, -0.2) is 24.3 Å². The van der Waals surface area contributed by atoms with Gasteiger partial charge in [0.15, 0.2) is 0 Å². The van der Waals surface area contributed by atoms with E-state index < -0.39 is 12.1 Å². The van der Waals surface area contributed by atoms with Gasteiger partial charge >= 0.3 is 12.1 Å². The van der Waals surface area contributed by atoms with Crippen molar-refractivity contribution in [1.29, 1.82) is 0 Å². The zero-order chi connectivity index (χ0) is 12.1. The van der Waals surface area contributed by atoms with E-state index in [0.717, 1.165) is 0 Å². The Morgan fingerprint density at radius 3 is 1.71 bits per heavy atom. The molecule has 0 atom stereocenters. The first-order valence-corrected chi connectivity index (χ1v) is 3.95. The molecule has 84 valence electrons. The molecule has 5 heteroatoms. The van der Waals surface area contributed by atoms with Crippen LogP contribution < -0.4 is 5.73 Å². The summed E-state index contributed by atoms with van der Waals surface area (Å²) in [4.78, 5) is 19.2. The SMILES string of the molecule is C=C.CC(C)CC(=O)O.COC(N)=O. The Hall–Kier alpha value is -1.52. The highest BCUT2D eigenvalue weighted by Crippen LogP contribution is 1.96. The number of rotatable bonds is 2. The zero-order valence-corrected chi connectivity index (χ0v) is 8.95. The van der Waals surface area contributed by atoms with Gasteiger partial charge in [-0.25, -0.2) is 4.79 Å². The maximum atomic E-state index is 9.81. The molecule has 0 aromatic rings. The molecule has 0 heterocycles. The predicted octanol–water partition coefficient (Wildman–Crippen LogP) is 1.63. The van der Waals surface area contributed by atoms with E-state index in [9.17, 15) is 9.59 Å². The number of carboxylic acid groups (broad SMARTS) is 1. The van der Waals surface area contributed by atoms with Crippen molar-refractivity contribution in [2.24, 2.45) is 11.7 Å². The van der Waals surface area contributed by atoms with E-state index in [1.165, 1.54) is 7.11 Å². The van der Waals surface area contributed by atoms with Crippen molar-refractivity contribution >= 4 is 12.1 Å². The molecule has 0 aromatic carbocycles. The summed E-state index contributed by atoms with van der Waals surface area (Å²) in [6, 6.07) is 0. The van der Waals surface area contributed by atoms with Gasteiger partial charge in [-0.1, -0.05) is 13.8 Å². The number of primary amides is 1. The molecule has 0 unspecified atom stereocenters. The smallest absolute Gasteiger partial charge is 0.404 e. The largest absolute Gasteiger partial charge is 0.481 e. The number of carbonyl (C=O) groups is 2. The van der Waals surface area contributed by atoms with E-state index in [4.69, 9.17) is 5.11 Å². The normalized spacial score (nSPS) is 7.43. The second-order valence-electron chi connectivity index (χ2n) is 2.51. The highest BCUT2D eigenvalue weighted by molar-refractivity contribution is 5.66. The molecule has 0 fully saturated rings. The third-order valence-electron chi connectivity index (χ3n) is 0.784. The molecule has 0 rings (SSSR count). The minimum Gasteiger partial charge on any atom is -0.481 e. The Balaban J connectivity index is -0.000000152. The topological polar surface area (TPSA) is 89.6 Å². The molecule has 0 bridgehead atoms. The van der Waals surface area contributed by atoms with Gasteiger partial charge in [0.1, 0.15) is 0 Å². The van der Waals surface area contributed by atoms with E-state index >= 15 is 0 Å². The Bertz CT molecular complexity index is 157. The summed E-state index contributed by atoms with van der Waals surface area (Å²) >= 11 is 0. The highest BCUT2D eigenvalue weighted by atomic mass is 16.5. The molecule has 0 saturated heterocycles. The summed E-state index contributed by atoms with van der Waals surface area (Å²) in [6.07, 6.45) is -0.468. The number of carboxylic acids is 1. The van der Waals surface area contributed by atoms with Gasteiger partial charge < -0.3 is 15.6 Å². The van der Waals surface area contributed by atoms with Crippen molar-refractivity contribution in [2.75, 3.05) is 7.11 Å². The van der Waals surface area contributed by atoms with Gasteiger partial charge in [0.05, 0.1) is 7.11 Å². The predicted molar refractivity (Wildman–Crippen MR) is 54.9 cm³/mol. The van der Waals surface area contributed by atoms with Crippen LogP contribution in [-0.2, 0) is 9.53 Å². The quantitative estimate of drug-likeness (QED) is 0.670. The highest BCUT2D eigenvalue weighted by Gasteiger charge is 1.98. The number of aliphatic carboxylic acids is 1. The minimum atomic E-state index is -0.745. The second-order valence-corrected chi connectivity index (χ2v) is 2.51. The van der Waals surface area contributed by atoms with E-state index in [1.54, 1.807) is 0 Å². The van der Waals surface area contributed by atoms with Crippen molar-refractivity contribution in [3.63, 3.8) is 0 Å². The lowest BCUT2D eigenvalue weighted by atomic mass is 10.1. The molecule has 3 N–H and O–H groups in total. The summed E-state index contributed by atoms with van der Waals surface area (Å²) in [7, 11) is 1.22. The van der Waals surface area contributed by atoms with Crippen molar-refractivity contribution in [2.45, 2.75) is 20.3 Å². The van der Waals surface area contributed by atoms with Crippen LogP contribution in [0, 0.1) is 5.92 Å². The fraction of sp³-hybridized carbons (Fsp3) is 0.556.